The molecule has 0 aromatic carbocycles. The van der Waals surface area contributed by atoms with Gasteiger partial charge in [-0.1, -0.05) is 19.4 Å². The van der Waals surface area contributed by atoms with E-state index in [1.54, 1.807) is 4.90 Å². The highest BCUT2D eigenvalue weighted by atomic mass is 16.6. The molecule has 0 spiro atoms. The van der Waals surface area contributed by atoms with Crippen LogP contribution >= 0.6 is 0 Å². The number of nitrogens with zero attached hydrogens (tertiary/aromatic N) is 2. The SMILES string of the molecule is CC(C)CCC(C)(C)OC(=O)N1CCC(=C(C#N)C2CC2)CC1. The van der Waals surface area contributed by atoms with Gasteiger partial charge < -0.3 is 9.64 Å². The van der Waals surface area contributed by atoms with Gasteiger partial charge in [0.05, 0.1) is 6.07 Å². The fourth-order valence-corrected chi connectivity index (χ4v) is 3.05. The normalized spacial score (nSPS) is 18.8. The molecule has 0 aromatic rings. The third-order valence-electron chi connectivity index (χ3n) is 4.80. The van der Waals surface area contributed by atoms with Crippen LogP contribution in [0.25, 0.3) is 0 Å². The van der Waals surface area contributed by atoms with Gasteiger partial charge in [0, 0.05) is 18.7 Å². The molecule has 0 atom stereocenters. The van der Waals surface area contributed by atoms with Gasteiger partial charge >= 0.3 is 6.09 Å². The molecule has 2 aliphatic rings. The summed E-state index contributed by atoms with van der Waals surface area (Å²) in [6.45, 7) is 9.69. The molecule has 4 heteroatoms. The lowest BCUT2D eigenvalue weighted by molar-refractivity contribution is 0.00441. The van der Waals surface area contributed by atoms with Crippen molar-refractivity contribution in [2.75, 3.05) is 13.1 Å². The van der Waals surface area contributed by atoms with Gasteiger partial charge in [-0.25, -0.2) is 4.79 Å². The van der Waals surface area contributed by atoms with Crippen LogP contribution in [0.3, 0.4) is 0 Å². The number of carbonyl (C=O) groups excluding carboxylic acids is 1. The van der Waals surface area contributed by atoms with Crippen LogP contribution in [-0.2, 0) is 4.74 Å². The summed E-state index contributed by atoms with van der Waals surface area (Å²) in [5.41, 5.74) is 1.84. The van der Waals surface area contributed by atoms with Gasteiger partial charge in [0.25, 0.3) is 0 Å². The van der Waals surface area contributed by atoms with Crippen LogP contribution < -0.4 is 0 Å². The number of piperidine rings is 1. The van der Waals surface area contributed by atoms with Crippen LogP contribution in [0.15, 0.2) is 11.1 Å². The lowest BCUT2D eigenvalue weighted by Gasteiger charge is -2.33. The van der Waals surface area contributed by atoms with Gasteiger partial charge in [0.15, 0.2) is 0 Å². The van der Waals surface area contributed by atoms with Crippen LogP contribution in [0.1, 0.15) is 66.2 Å². The Hall–Kier alpha value is -1.50. The highest BCUT2D eigenvalue weighted by Gasteiger charge is 2.32. The number of likely N-dealkylation sites (tertiary alicyclic amines) is 1. The van der Waals surface area contributed by atoms with E-state index in [2.05, 4.69) is 19.9 Å². The van der Waals surface area contributed by atoms with Crippen LogP contribution in [0.4, 0.5) is 4.79 Å². The average molecular weight is 318 g/mol. The second-order valence-electron chi connectivity index (χ2n) is 7.95. The number of amides is 1. The Morgan fingerprint density at radius 1 is 1.35 bits per heavy atom. The number of rotatable bonds is 5. The number of hydrogen-bond donors (Lipinski definition) is 0. The van der Waals surface area contributed by atoms with Crippen LogP contribution in [0.2, 0.25) is 0 Å². The Bertz CT molecular complexity index is 500. The maximum Gasteiger partial charge on any atom is 0.410 e. The smallest absolute Gasteiger partial charge is 0.410 e. The quantitative estimate of drug-likeness (QED) is 0.692. The minimum Gasteiger partial charge on any atom is -0.443 e. The first-order valence-electron chi connectivity index (χ1n) is 8.92. The Kier molecular flexibility index (Phi) is 5.73. The molecule has 1 aliphatic heterocycles. The van der Waals surface area contributed by atoms with Gasteiger partial charge in [0.1, 0.15) is 5.60 Å². The van der Waals surface area contributed by atoms with Crippen molar-refractivity contribution >= 4 is 6.09 Å². The Labute approximate surface area is 140 Å². The lowest BCUT2D eigenvalue weighted by Crippen LogP contribution is -2.41. The molecule has 2 rings (SSSR count). The molecule has 23 heavy (non-hydrogen) atoms. The molecular formula is C19H30N2O2. The molecule has 0 bridgehead atoms. The molecule has 0 unspecified atom stereocenters. The van der Waals surface area contributed by atoms with E-state index < -0.39 is 5.60 Å². The van der Waals surface area contributed by atoms with Crippen molar-refractivity contribution in [3.63, 3.8) is 0 Å². The van der Waals surface area contributed by atoms with Gasteiger partial charge in [-0.15, -0.1) is 0 Å². The van der Waals surface area contributed by atoms with E-state index in [-0.39, 0.29) is 6.09 Å². The van der Waals surface area contributed by atoms with Crippen LogP contribution in [0.5, 0.6) is 0 Å². The summed E-state index contributed by atoms with van der Waals surface area (Å²) in [6.07, 6.45) is 5.69. The molecule has 0 radical (unpaired) electrons. The van der Waals surface area contributed by atoms with E-state index in [4.69, 9.17) is 4.74 Å². The molecule has 1 saturated heterocycles. The number of ether oxygens (including phenoxy) is 1. The second-order valence-corrected chi connectivity index (χ2v) is 7.95. The Morgan fingerprint density at radius 2 is 1.96 bits per heavy atom. The summed E-state index contributed by atoms with van der Waals surface area (Å²) in [4.78, 5) is 14.2. The molecule has 1 saturated carbocycles. The van der Waals surface area contributed by atoms with Crippen molar-refractivity contribution in [3.8, 4) is 6.07 Å². The standard InChI is InChI=1S/C19H30N2O2/c1-14(2)7-10-19(3,4)23-18(22)21-11-8-16(9-12-21)17(13-20)15-5-6-15/h14-15H,5-12H2,1-4H3. The largest absolute Gasteiger partial charge is 0.443 e. The third kappa shape index (κ3) is 5.27. The summed E-state index contributed by atoms with van der Waals surface area (Å²) < 4.78 is 5.72. The predicted molar refractivity (Wildman–Crippen MR) is 90.8 cm³/mol. The van der Waals surface area contributed by atoms with Crippen molar-refractivity contribution in [2.45, 2.75) is 71.8 Å². The maximum absolute atomic E-state index is 12.4. The molecule has 4 nitrogen and oxygen atoms in total. The minimum atomic E-state index is -0.413. The van der Waals surface area contributed by atoms with Crippen molar-refractivity contribution < 1.29 is 9.53 Å². The first-order valence-corrected chi connectivity index (χ1v) is 8.92. The van der Waals surface area contributed by atoms with Crippen molar-refractivity contribution in [1.29, 1.82) is 5.26 Å². The molecule has 0 aromatic heterocycles. The van der Waals surface area contributed by atoms with Gasteiger partial charge in [0.2, 0.25) is 0 Å². The highest BCUT2D eigenvalue weighted by Crippen LogP contribution is 2.39. The first-order chi connectivity index (χ1) is 10.8. The van der Waals surface area contributed by atoms with E-state index in [1.807, 2.05) is 13.8 Å². The summed E-state index contributed by atoms with van der Waals surface area (Å²) in [5.74, 6) is 1.12. The number of nitriles is 1. The van der Waals surface area contributed by atoms with E-state index in [9.17, 15) is 10.1 Å². The van der Waals surface area contributed by atoms with E-state index in [0.29, 0.717) is 24.9 Å². The summed E-state index contributed by atoms with van der Waals surface area (Å²) in [6, 6.07) is 2.39. The van der Waals surface area contributed by atoms with Gasteiger partial charge in [-0.3, -0.25) is 0 Å². The van der Waals surface area contributed by atoms with Gasteiger partial charge in [-0.05, 0) is 64.2 Å². The maximum atomic E-state index is 12.4. The fourth-order valence-electron chi connectivity index (χ4n) is 3.05. The zero-order valence-corrected chi connectivity index (χ0v) is 15.0. The number of allylic oxidation sites excluding steroid dienone is 1. The number of carbonyl (C=O) groups is 1. The molecule has 0 N–H and O–H groups in total. The molecule has 1 heterocycles. The fraction of sp³-hybridized carbons (Fsp3) is 0.789. The van der Waals surface area contributed by atoms with Crippen molar-refractivity contribution in [2.24, 2.45) is 11.8 Å². The van der Waals surface area contributed by atoms with Crippen molar-refractivity contribution in [1.82, 2.24) is 4.90 Å². The monoisotopic (exact) mass is 318 g/mol. The molecule has 1 amide bonds. The lowest BCUT2D eigenvalue weighted by atomic mass is 9.96. The Balaban J connectivity index is 1.85. The van der Waals surface area contributed by atoms with Crippen LogP contribution in [-0.4, -0.2) is 29.7 Å². The van der Waals surface area contributed by atoms with E-state index in [0.717, 1.165) is 44.1 Å². The first kappa shape index (κ1) is 17.8. The topological polar surface area (TPSA) is 53.3 Å². The molecule has 2 fully saturated rings. The summed E-state index contributed by atoms with van der Waals surface area (Å²) in [5, 5.41) is 9.31. The second kappa shape index (κ2) is 7.38. The van der Waals surface area contributed by atoms with Gasteiger partial charge in [-0.2, -0.15) is 5.26 Å². The predicted octanol–water partition coefficient (Wildman–Crippen LogP) is 4.66. The summed E-state index contributed by atoms with van der Waals surface area (Å²) >= 11 is 0. The average Bonchev–Trinajstić information content (AvgIpc) is 3.31. The third-order valence-corrected chi connectivity index (χ3v) is 4.80. The molecule has 128 valence electrons. The Morgan fingerprint density at radius 3 is 2.43 bits per heavy atom. The highest BCUT2D eigenvalue weighted by molar-refractivity contribution is 5.68. The summed E-state index contributed by atoms with van der Waals surface area (Å²) in [7, 11) is 0. The zero-order valence-electron chi connectivity index (χ0n) is 15.0. The molecule has 1 aliphatic carbocycles. The zero-order chi connectivity index (χ0) is 17.0. The molecular weight excluding hydrogens is 288 g/mol. The van der Waals surface area contributed by atoms with Crippen molar-refractivity contribution in [3.05, 3.63) is 11.1 Å². The van der Waals surface area contributed by atoms with Crippen LogP contribution in [0, 0.1) is 23.2 Å². The minimum absolute atomic E-state index is 0.206. The van der Waals surface area contributed by atoms with E-state index in [1.165, 1.54) is 5.57 Å². The number of hydrogen-bond acceptors (Lipinski definition) is 3. The van der Waals surface area contributed by atoms with E-state index >= 15 is 0 Å².